The molecule has 0 bridgehead atoms. The number of halogens is 1. The molecule has 0 fully saturated rings. The standard InChI is InChI=1S/C12H16BrNO/c1-4-8(2)15-12-7-10(13)5-6-11(12)9(3)14/h4-9H,1,14H2,2-3H3. The van der Waals surface area contributed by atoms with Gasteiger partial charge < -0.3 is 10.5 Å². The van der Waals surface area contributed by atoms with Crippen molar-refractivity contribution >= 4 is 15.9 Å². The quantitative estimate of drug-likeness (QED) is 0.851. The normalized spacial score (nSPS) is 14.4. The van der Waals surface area contributed by atoms with Gasteiger partial charge in [0.2, 0.25) is 0 Å². The molecule has 1 rings (SSSR count). The van der Waals surface area contributed by atoms with Gasteiger partial charge in [-0.3, -0.25) is 0 Å². The third-order valence-corrected chi connectivity index (χ3v) is 2.60. The van der Waals surface area contributed by atoms with E-state index in [1.807, 2.05) is 32.0 Å². The fourth-order valence-electron chi connectivity index (χ4n) is 1.23. The van der Waals surface area contributed by atoms with Crippen molar-refractivity contribution in [2.75, 3.05) is 0 Å². The maximum absolute atomic E-state index is 5.86. The third-order valence-electron chi connectivity index (χ3n) is 2.11. The Bertz CT molecular complexity index is 349. The van der Waals surface area contributed by atoms with Crippen LogP contribution in [-0.2, 0) is 0 Å². The van der Waals surface area contributed by atoms with Crippen molar-refractivity contribution in [1.82, 2.24) is 0 Å². The second-order valence-electron chi connectivity index (χ2n) is 3.53. The Kier molecular flexibility index (Phi) is 4.36. The molecular formula is C12H16BrNO. The molecule has 2 unspecified atom stereocenters. The van der Waals surface area contributed by atoms with E-state index in [0.29, 0.717) is 0 Å². The molecule has 0 aliphatic heterocycles. The van der Waals surface area contributed by atoms with E-state index < -0.39 is 0 Å². The van der Waals surface area contributed by atoms with Crippen LogP contribution in [0.5, 0.6) is 5.75 Å². The lowest BCUT2D eigenvalue weighted by Crippen LogP contribution is -2.12. The summed E-state index contributed by atoms with van der Waals surface area (Å²) in [6, 6.07) is 5.83. The number of hydrogen-bond acceptors (Lipinski definition) is 2. The van der Waals surface area contributed by atoms with E-state index in [1.165, 1.54) is 0 Å². The Hall–Kier alpha value is -0.800. The fourth-order valence-corrected chi connectivity index (χ4v) is 1.57. The highest BCUT2D eigenvalue weighted by Crippen LogP contribution is 2.28. The van der Waals surface area contributed by atoms with Crippen LogP contribution in [0.1, 0.15) is 25.5 Å². The molecule has 0 aliphatic rings. The van der Waals surface area contributed by atoms with Crippen molar-refractivity contribution in [2.45, 2.75) is 26.0 Å². The first-order valence-corrected chi connectivity index (χ1v) is 5.68. The van der Waals surface area contributed by atoms with Crippen LogP contribution in [-0.4, -0.2) is 6.10 Å². The summed E-state index contributed by atoms with van der Waals surface area (Å²) in [4.78, 5) is 0. The molecule has 2 N–H and O–H groups in total. The Morgan fingerprint density at radius 3 is 2.67 bits per heavy atom. The first-order chi connectivity index (χ1) is 7.04. The molecule has 3 heteroatoms. The van der Waals surface area contributed by atoms with Crippen LogP contribution in [0.2, 0.25) is 0 Å². The molecule has 0 radical (unpaired) electrons. The second kappa shape index (κ2) is 5.33. The van der Waals surface area contributed by atoms with E-state index in [2.05, 4.69) is 22.5 Å². The average molecular weight is 270 g/mol. The van der Waals surface area contributed by atoms with Crippen molar-refractivity contribution in [2.24, 2.45) is 5.73 Å². The summed E-state index contributed by atoms with van der Waals surface area (Å²) in [6.45, 7) is 7.57. The summed E-state index contributed by atoms with van der Waals surface area (Å²) in [6.07, 6.45) is 1.74. The van der Waals surface area contributed by atoms with E-state index in [9.17, 15) is 0 Å². The number of nitrogens with two attached hydrogens (primary N) is 1. The molecule has 0 aliphatic carbocycles. The monoisotopic (exact) mass is 269 g/mol. The highest BCUT2D eigenvalue weighted by Gasteiger charge is 2.10. The molecule has 1 aromatic carbocycles. The first-order valence-electron chi connectivity index (χ1n) is 4.89. The van der Waals surface area contributed by atoms with Crippen molar-refractivity contribution in [3.63, 3.8) is 0 Å². The number of rotatable bonds is 4. The average Bonchev–Trinajstić information content (AvgIpc) is 2.17. The van der Waals surface area contributed by atoms with Gasteiger partial charge in [0.25, 0.3) is 0 Å². The van der Waals surface area contributed by atoms with Crippen molar-refractivity contribution < 1.29 is 4.74 Å². The number of ether oxygens (including phenoxy) is 1. The van der Waals surface area contributed by atoms with Crippen molar-refractivity contribution in [3.8, 4) is 5.75 Å². The maximum atomic E-state index is 5.86. The van der Waals surface area contributed by atoms with Crippen molar-refractivity contribution in [1.29, 1.82) is 0 Å². The lowest BCUT2D eigenvalue weighted by atomic mass is 10.1. The Labute approximate surface area is 99.3 Å². The van der Waals surface area contributed by atoms with Gasteiger partial charge in [-0.05, 0) is 26.0 Å². The lowest BCUT2D eigenvalue weighted by molar-refractivity contribution is 0.266. The third kappa shape index (κ3) is 3.36. The van der Waals surface area contributed by atoms with Gasteiger partial charge in [-0.1, -0.05) is 34.7 Å². The molecule has 2 atom stereocenters. The maximum Gasteiger partial charge on any atom is 0.126 e. The number of hydrogen-bond donors (Lipinski definition) is 1. The second-order valence-corrected chi connectivity index (χ2v) is 4.45. The van der Waals surface area contributed by atoms with E-state index in [0.717, 1.165) is 15.8 Å². The van der Waals surface area contributed by atoms with Crippen LogP contribution in [0, 0.1) is 0 Å². The molecule has 0 spiro atoms. The molecular weight excluding hydrogens is 254 g/mol. The lowest BCUT2D eigenvalue weighted by Gasteiger charge is -2.17. The van der Waals surface area contributed by atoms with E-state index in [4.69, 9.17) is 10.5 Å². The zero-order chi connectivity index (χ0) is 11.4. The van der Waals surface area contributed by atoms with Gasteiger partial charge in [0.1, 0.15) is 11.9 Å². The number of benzene rings is 1. The predicted molar refractivity (Wildman–Crippen MR) is 67.0 cm³/mol. The van der Waals surface area contributed by atoms with Crippen LogP contribution < -0.4 is 10.5 Å². The minimum atomic E-state index is -0.0369. The zero-order valence-corrected chi connectivity index (χ0v) is 10.6. The summed E-state index contributed by atoms with van der Waals surface area (Å²) in [5.74, 6) is 0.812. The molecule has 15 heavy (non-hydrogen) atoms. The summed E-state index contributed by atoms with van der Waals surface area (Å²) in [5, 5.41) is 0. The predicted octanol–water partition coefficient (Wildman–Crippen LogP) is 3.42. The zero-order valence-electron chi connectivity index (χ0n) is 9.03. The highest BCUT2D eigenvalue weighted by molar-refractivity contribution is 9.10. The van der Waals surface area contributed by atoms with Crippen LogP contribution in [0.3, 0.4) is 0 Å². The molecule has 0 saturated carbocycles. The van der Waals surface area contributed by atoms with Crippen LogP contribution in [0.25, 0.3) is 0 Å². The Morgan fingerprint density at radius 2 is 2.13 bits per heavy atom. The molecule has 82 valence electrons. The minimum absolute atomic E-state index is 0.0169. The fraction of sp³-hybridized carbons (Fsp3) is 0.333. The van der Waals surface area contributed by atoms with Crippen LogP contribution in [0.15, 0.2) is 35.3 Å². The van der Waals surface area contributed by atoms with Gasteiger partial charge in [0.05, 0.1) is 0 Å². The molecule has 0 heterocycles. The smallest absolute Gasteiger partial charge is 0.126 e. The largest absolute Gasteiger partial charge is 0.486 e. The van der Waals surface area contributed by atoms with Gasteiger partial charge in [-0.25, -0.2) is 0 Å². The van der Waals surface area contributed by atoms with E-state index in [1.54, 1.807) is 6.08 Å². The topological polar surface area (TPSA) is 35.2 Å². The molecule has 1 aromatic rings. The highest BCUT2D eigenvalue weighted by atomic mass is 79.9. The van der Waals surface area contributed by atoms with E-state index in [-0.39, 0.29) is 12.1 Å². The van der Waals surface area contributed by atoms with Gasteiger partial charge in [-0.2, -0.15) is 0 Å². The summed E-state index contributed by atoms with van der Waals surface area (Å²) in [5.41, 5.74) is 6.87. The van der Waals surface area contributed by atoms with Crippen molar-refractivity contribution in [3.05, 3.63) is 40.9 Å². The molecule has 0 aromatic heterocycles. The summed E-state index contributed by atoms with van der Waals surface area (Å²) < 4.78 is 6.69. The van der Waals surface area contributed by atoms with Gasteiger partial charge in [0, 0.05) is 16.1 Å². The summed E-state index contributed by atoms with van der Waals surface area (Å²) >= 11 is 3.41. The molecule has 0 saturated heterocycles. The Balaban J connectivity index is 3.01. The van der Waals surface area contributed by atoms with E-state index >= 15 is 0 Å². The molecule has 2 nitrogen and oxygen atoms in total. The van der Waals surface area contributed by atoms with Gasteiger partial charge in [-0.15, -0.1) is 0 Å². The Morgan fingerprint density at radius 1 is 1.47 bits per heavy atom. The van der Waals surface area contributed by atoms with Crippen LogP contribution >= 0.6 is 15.9 Å². The first kappa shape index (κ1) is 12.3. The SMILES string of the molecule is C=CC(C)Oc1cc(Br)ccc1C(C)N. The molecule has 0 amide bonds. The van der Waals surface area contributed by atoms with Gasteiger partial charge >= 0.3 is 0 Å². The summed E-state index contributed by atoms with van der Waals surface area (Å²) in [7, 11) is 0. The van der Waals surface area contributed by atoms with Gasteiger partial charge in [0.15, 0.2) is 0 Å². The van der Waals surface area contributed by atoms with Crippen LogP contribution in [0.4, 0.5) is 0 Å². The minimum Gasteiger partial charge on any atom is -0.486 e.